The average molecular weight is 249 g/mol. The van der Waals surface area contributed by atoms with Gasteiger partial charge in [-0.05, 0) is 5.57 Å². The molecule has 17 heavy (non-hydrogen) atoms. The molecule has 1 fully saturated rings. The first kappa shape index (κ1) is 10.5. The first-order valence-electron chi connectivity index (χ1n) is 5.32. The zero-order valence-corrected chi connectivity index (χ0v) is 10.0. The van der Waals surface area contributed by atoms with E-state index in [0.717, 1.165) is 9.88 Å². The number of carbonyl (C=O) groups excluding carboxylic acids is 1. The summed E-state index contributed by atoms with van der Waals surface area (Å²) in [7, 11) is -2.25. The Hall–Kier alpha value is -1.62. The molecule has 0 aromatic rings. The third kappa shape index (κ3) is 1.23. The highest BCUT2D eigenvalue weighted by Gasteiger charge is 2.48. The fraction of sp³-hybridized carbons (Fsp3) is 0.250. The van der Waals surface area contributed by atoms with Gasteiger partial charge in [0.2, 0.25) is 10.0 Å². The summed E-state index contributed by atoms with van der Waals surface area (Å²) in [6.07, 6.45) is 10.6. The highest BCUT2D eigenvalue weighted by Crippen LogP contribution is 2.40. The zero-order valence-electron chi connectivity index (χ0n) is 9.20. The molecule has 0 aromatic carbocycles. The summed E-state index contributed by atoms with van der Waals surface area (Å²) in [6, 6.07) is 0. The van der Waals surface area contributed by atoms with Gasteiger partial charge in [-0.2, -0.15) is 0 Å². The Bertz CT molecular complexity index is 622. The summed E-state index contributed by atoms with van der Waals surface area (Å²) in [5, 5.41) is -0.651. The van der Waals surface area contributed by atoms with Crippen LogP contribution in [-0.4, -0.2) is 30.9 Å². The maximum atomic E-state index is 12.2. The molecule has 3 rings (SSSR count). The predicted molar refractivity (Wildman–Crippen MR) is 63.4 cm³/mol. The smallest absolute Gasteiger partial charge is 0.263 e. The number of allylic oxidation sites excluding steroid dienone is 6. The summed E-state index contributed by atoms with van der Waals surface area (Å²) in [5.41, 5.74) is 1.45. The molecule has 3 aliphatic rings. The number of amides is 1. The number of rotatable bonds is 0. The summed E-state index contributed by atoms with van der Waals surface area (Å²) < 4.78 is 25.2. The van der Waals surface area contributed by atoms with Gasteiger partial charge in [-0.15, -0.1) is 0 Å². The van der Waals surface area contributed by atoms with Crippen molar-refractivity contribution in [3.8, 4) is 0 Å². The van der Waals surface area contributed by atoms with Crippen molar-refractivity contribution in [2.75, 3.05) is 7.05 Å². The lowest BCUT2D eigenvalue weighted by Gasteiger charge is -2.39. The summed E-state index contributed by atoms with van der Waals surface area (Å²) in [4.78, 5) is 12.0. The van der Waals surface area contributed by atoms with Crippen molar-refractivity contribution in [2.24, 2.45) is 5.92 Å². The molecule has 5 heteroatoms. The minimum atomic E-state index is -3.57. The molecular weight excluding hydrogens is 238 g/mol. The monoisotopic (exact) mass is 249 g/mol. The molecule has 0 aromatic heterocycles. The predicted octanol–water partition coefficient (Wildman–Crippen LogP) is 0.765. The largest absolute Gasteiger partial charge is 0.268 e. The summed E-state index contributed by atoms with van der Waals surface area (Å²) in [6.45, 7) is 0. The summed E-state index contributed by atoms with van der Waals surface area (Å²) in [5.74, 6) is -0.754. The minimum Gasteiger partial charge on any atom is -0.268 e. The highest BCUT2D eigenvalue weighted by atomic mass is 32.2. The quantitative estimate of drug-likeness (QED) is 0.637. The van der Waals surface area contributed by atoms with Crippen LogP contribution < -0.4 is 0 Å². The molecule has 2 unspecified atom stereocenters. The summed E-state index contributed by atoms with van der Waals surface area (Å²) >= 11 is 0. The Balaban J connectivity index is 2.26. The molecule has 0 N–H and O–H groups in total. The normalized spacial score (nSPS) is 33.0. The van der Waals surface area contributed by atoms with Crippen molar-refractivity contribution in [3.05, 3.63) is 47.6 Å². The van der Waals surface area contributed by atoms with E-state index in [1.807, 2.05) is 12.2 Å². The van der Waals surface area contributed by atoms with E-state index in [0.29, 0.717) is 5.57 Å². The van der Waals surface area contributed by atoms with E-state index in [1.165, 1.54) is 7.05 Å². The van der Waals surface area contributed by atoms with Gasteiger partial charge in [0, 0.05) is 18.5 Å². The van der Waals surface area contributed by atoms with Crippen LogP contribution in [0.4, 0.5) is 0 Å². The lowest BCUT2D eigenvalue weighted by molar-refractivity contribution is -0.122. The Morgan fingerprint density at radius 2 is 2.00 bits per heavy atom. The molecular formula is C12H11NO3S. The molecule has 1 heterocycles. The molecule has 1 amide bonds. The van der Waals surface area contributed by atoms with Gasteiger partial charge in [0.15, 0.2) is 0 Å². The van der Waals surface area contributed by atoms with E-state index >= 15 is 0 Å². The third-order valence-electron chi connectivity index (χ3n) is 3.44. The van der Waals surface area contributed by atoms with Crippen molar-refractivity contribution in [3.63, 3.8) is 0 Å². The number of sulfonamides is 1. The lowest BCUT2D eigenvalue weighted by Crippen LogP contribution is -2.51. The number of hydrogen-bond acceptors (Lipinski definition) is 3. The molecule has 2 aliphatic carbocycles. The van der Waals surface area contributed by atoms with E-state index in [1.54, 1.807) is 24.3 Å². The SMILES string of the molecule is CN1C(=O)C2=CC=CC3=CC=CC(C32)S1(=O)=O. The van der Waals surface area contributed by atoms with Gasteiger partial charge in [0.25, 0.3) is 5.91 Å². The highest BCUT2D eigenvalue weighted by molar-refractivity contribution is 7.90. The molecule has 1 aliphatic heterocycles. The molecule has 2 atom stereocenters. The van der Waals surface area contributed by atoms with Crippen LogP contribution in [0.5, 0.6) is 0 Å². The molecule has 0 spiro atoms. The Morgan fingerprint density at radius 3 is 2.76 bits per heavy atom. The lowest BCUT2D eigenvalue weighted by atomic mass is 9.81. The molecule has 4 nitrogen and oxygen atoms in total. The number of carbonyl (C=O) groups is 1. The van der Waals surface area contributed by atoms with Crippen LogP contribution in [-0.2, 0) is 14.8 Å². The average Bonchev–Trinajstić information content (AvgIpc) is 2.34. The van der Waals surface area contributed by atoms with Gasteiger partial charge < -0.3 is 0 Å². The van der Waals surface area contributed by atoms with Crippen LogP contribution in [0, 0.1) is 5.92 Å². The van der Waals surface area contributed by atoms with Gasteiger partial charge in [-0.1, -0.05) is 36.5 Å². The van der Waals surface area contributed by atoms with Gasteiger partial charge in [0.05, 0.1) is 0 Å². The van der Waals surface area contributed by atoms with Gasteiger partial charge in [-0.3, -0.25) is 4.79 Å². The van der Waals surface area contributed by atoms with Gasteiger partial charge >= 0.3 is 0 Å². The van der Waals surface area contributed by atoms with Crippen LogP contribution in [0.15, 0.2) is 47.6 Å². The van der Waals surface area contributed by atoms with Gasteiger partial charge in [-0.25, -0.2) is 12.7 Å². The Labute approximate surface area is 99.7 Å². The number of likely N-dealkylation sites (N-methyl/N-ethyl adjacent to an activating group) is 1. The minimum absolute atomic E-state index is 0.335. The zero-order chi connectivity index (χ0) is 12.2. The Kier molecular flexibility index (Phi) is 1.98. The fourth-order valence-corrected chi connectivity index (χ4v) is 4.16. The Morgan fingerprint density at radius 1 is 1.24 bits per heavy atom. The van der Waals surface area contributed by atoms with E-state index in [9.17, 15) is 13.2 Å². The van der Waals surface area contributed by atoms with E-state index < -0.39 is 21.2 Å². The van der Waals surface area contributed by atoms with E-state index in [4.69, 9.17) is 0 Å². The van der Waals surface area contributed by atoms with Crippen LogP contribution in [0.2, 0.25) is 0 Å². The van der Waals surface area contributed by atoms with Crippen molar-refractivity contribution < 1.29 is 13.2 Å². The molecule has 88 valence electrons. The van der Waals surface area contributed by atoms with Crippen LogP contribution in [0.25, 0.3) is 0 Å². The molecule has 0 saturated carbocycles. The van der Waals surface area contributed by atoms with Crippen molar-refractivity contribution in [1.29, 1.82) is 0 Å². The number of nitrogens with zero attached hydrogens (tertiary/aromatic N) is 1. The topological polar surface area (TPSA) is 54.5 Å². The second-order valence-corrected chi connectivity index (χ2v) is 6.41. The van der Waals surface area contributed by atoms with E-state index in [-0.39, 0.29) is 5.92 Å². The van der Waals surface area contributed by atoms with Crippen LogP contribution >= 0.6 is 0 Å². The third-order valence-corrected chi connectivity index (χ3v) is 5.48. The second kappa shape index (κ2) is 3.20. The standard InChI is InChI=1S/C12H11NO3S/c1-13-12(14)9-6-2-4-8-5-3-7-10(11(8)9)17(13,15)16/h2-7,10-11H,1H3. The van der Waals surface area contributed by atoms with Crippen molar-refractivity contribution in [1.82, 2.24) is 4.31 Å². The molecule has 0 radical (unpaired) electrons. The van der Waals surface area contributed by atoms with Crippen LogP contribution in [0.3, 0.4) is 0 Å². The first-order chi connectivity index (χ1) is 8.03. The van der Waals surface area contributed by atoms with Gasteiger partial charge in [0.1, 0.15) is 5.25 Å². The van der Waals surface area contributed by atoms with Crippen LogP contribution in [0.1, 0.15) is 0 Å². The number of hydrogen-bond donors (Lipinski definition) is 0. The molecule has 0 bridgehead atoms. The molecule has 1 saturated heterocycles. The fourth-order valence-electron chi connectivity index (χ4n) is 2.52. The second-order valence-electron chi connectivity index (χ2n) is 4.29. The maximum Gasteiger partial charge on any atom is 0.263 e. The van der Waals surface area contributed by atoms with Crippen molar-refractivity contribution in [2.45, 2.75) is 5.25 Å². The van der Waals surface area contributed by atoms with E-state index in [2.05, 4.69) is 0 Å². The van der Waals surface area contributed by atoms with Crippen molar-refractivity contribution >= 4 is 15.9 Å². The first-order valence-corrected chi connectivity index (χ1v) is 6.82. The maximum absolute atomic E-state index is 12.2.